The molecule has 32 heavy (non-hydrogen) atoms. The van der Waals surface area contributed by atoms with Crippen molar-refractivity contribution in [3.8, 4) is 0 Å². The highest BCUT2D eigenvalue weighted by Crippen LogP contribution is 2.37. The third kappa shape index (κ3) is 3.48. The van der Waals surface area contributed by atoms with Crippen LogP contribution in [-0.4, -0.2) is 46.4 Å². The van der Waals surface area contributed by atoms with Crippen LogP contribution in [0.3, 0.4) is 0 Å². The number of imide groups is 1. The fraction of sp³-hybridized carbons (Fsp3) is 0.440. The predicted octanol–water partition coefficient (Wildman–Crippen LogP) is 3.65. The van der Waals surface area contributed by atoms with Gasteiger partial charge < -0.3 is 5.32 Å². The van der Waals surface area contributed by atoms with Crippen molar-refractivity contribution in [2.75, 3.05) is 13.1 Å². The molecule has 1 atom stereocenters. The number of amides is 3. The van der Waals surface area contributed by atoms with E-state index in [0.717, 1.165) is 6.07 Å². The van der Waals surface area contributed by atoms with Gasteiger partial charge in [0.15, 0.2) is 11.6 Å². The summed E-state index contributed by atoms with van der Waals surface area (Å²) >= 11 is 0. The number of carbonyl (C=O) groups is 2. The number of halogens is 2. The molecule has 0 spiro atoms. The Balaban J connectivity index is 1.24. The van der Waals surface area contributed by atoms with Crippen LogP contribution in [0, 0.1) is 17.6 Å². The lowest BCUT2D eigenvalue weighted by Gasteiger charge is -2.39. The Morgan fingerprint density at radius 2 is 1.66 bits per heavy atom. The van der Waals surface area contributed by atoms with E-state index in [2.05, 4.69) is 22.3 Å². The lowest BCUT2D eigenvalue weighted by molar-refractivity contribution is -0.134. The second kappa shape index (κ2) is 7.96. The number of rotatable bonds is 4. The standard InChI is InChI=1S/C25H27F2N3O2/c1-25(19-9-11-29(12-10-19)15-18-7-4-8-21(26)22(18)27)23(31)30(24(32)28-25)20-13-16-5-2-3-6-17(16)14-20/h2-8,19-20H,9-15H2,1H3,(H,28,32)/t25-/m1/s1. The Morgan fingerprint density at radius 3 is 2.31 bits per heavy atom. The summed E-state index contributed by atoms with van der Waals surface area (Å²) in [4.78, 5) is 29.8. The van der Waals surface area contributed by atoms with E-state index in [1.165, 1.54) is 22.1 Å². The van der Waals surface area contributed by atoms with Crippen LogP contribution in [-0.2, 0) is 24.2 Å². The molecule has 3 amide bonds. The smallest absolute Gasteiger partial charge is 0.323 e. The Kier molecular flexibility index (Phi) is 5.24. The van der Waals surface area contributed by atoms with Gasteiger partial charge in [0.1, 0.15) is 5.54 Å². The SMILES string of the molecule is C[C@]1(C2CCN(Cc3cccc(F)c3F)CC2)NC(=O)N(C2Cc3ccccc3C2)C1=O. The van der Waals surface area contributed by atoms with Crippen molar-refractivity contribution in [3.05, 3.63) is 70.8 Å². The summed E-state index contributed by atoms with van der Waals surface area (Å²) in [5, 5.41) is 2.99. The first-order valence-electron chi connectivity index (χ1n) is 11.2. The first-order chi connectivity index (χ1) is 15.4. The zero-order valence-corrected chi connectivity index (χ0v) is 18.1. The Morgan fingerprint density at radius 1 is 1.00 bits per heavy atom. The van der Waals surface area contributed by atoms with Gasteiger partial charge in [-0.15, -0.1) is 0 Å². The molecule has 0 unspecified atom stereocenters. The number of hydrogen-bond donors (Lipinski definition) is 1. The van der Waals surface area contributed by atoms with E-state index >= 15 is 0 Å². The van der Waals surface area contributed by atoms with Gasteiger partial charge >= 0.3 is 6.03 Å². The highest BCUT2D eigenvalue weighted by molar-refractivity contribution is 6.07. The molecule has 1 N–H and O–H groups in total. The van der Waals surface area contributed by atoms with Gasteiger partial charge in [0.25, 0.3) is 5.91 Å². The van der Waals surface area contributed by atoms with Gasteiger partial charge in [-0.2, -0.15) is 0 Å². The number of nitrogens with one attached hydrogen (secondary N) is 1. The maximum atomic E-state index is 14.0. The minimum absolute atomic E-state index is 0.00124. The molecule has 7 heteroatoms. The summed E-state index contributed by atoms with van der Waals surface area (Å²) in [5.41, 5.74) is 1.81. The molecule has 2 aliphatic heterocycles. The Bertz CT molecular complexity index is 1040. The van der Waals surface area contributed by atoms with Gasteiger partial charge in [0.05, 0.1) is 0 Å². The molecule has 0 saturated carbocycles. The van der Waals surface area contributed by atoms with E-state index in [1.807, 2.05) is 19.1 Å². The number of carbonyl (C=O) groups excluding carboxylic acids is 2. The third-order valence-electron chi connectivity index (χ3n) is 7.47. The molecule has 2 fully saturated rings. The van der Waals surface area contributed by atoms with Crippen LogP contribution >= 0.6 is 0 Å². The average molecular weight is 440 g/mol. The zero-order valence-electron chi connectivity index (χ0n) is 18.1. The number of piperidine rings is 1. The summed E-state index contributed by atoms with van der Waals surface area (Å²) in [6.45, 7) is 3.49. The van der Waals surface area contributed by atoms with Crippen LogP contribution in [0.25, 0.3) is 0 Å². The molecule has 168 valence electrons. The van der Waals surface area contributed by atoms with Gasteiger partial charge in [-0.1, -0.05) is 36.4 Å². The summed E-state index contributed by atoms with van der Waals surface area (Å²) < 4.78 is 27.5. The van der Waals surface area contributed by atoms with Crippen LogP contribution in [0.15, 0.2) is 42.5 Å². The molecular formula is C25H27F2N3O2. The maximum absolute atomic E-state index is 14.0. The molecule has 0 aromatic heterocycles. The second-order valence-corrected chi connectivity index (χ2v) is 9.40. The zero-order chi connectivity index (χ0) is 22.5. The molecule has 3 aliphatic rings. The van der Waals surface area contributed by atoms with E-state index in [0.29, 0.717) is 50.9 Å². The molecule has 2 aromatic carbocycles. The van der Waals surface area contributed by atoms with Crippen molar-refractivity contribution >= 4 is 11.9 Å². The first kappa shape index (κ1) is 21.1. The van der Waals surface area contributed by atoms with Crippen molar-refractivity contribution in [1.29, 1.82) is 0 Å². The van der Waals surface area contributed by atoms with Gasteiger partial charge in [0, 0.05) is 18.2 Å². The van der Waals surface area contributed by atoms with Crippen LogP contribution in [0.4, 0.5) is 13.6 Å². The minimum atomic E-state index is -0.929. The van der Waals surface area contributed by atoms with Crippen molar-refractivity contribution in [2.24, 2.45) is 5.92 Å². The van der Waals surface area contributed by atoms with Crippen LogP contribution < -0.4 is 5.32 Å². The van der Waals surface area contributed by atoms with E-state index in [1.54, 1.807) is 6.07 Å². The maximum Gasteiger partial charge on any atom is 0.325 e. The van der Waals surface area contributed by atoms with E-state index < -0.39 is 17.2 Å². The average Bonchev–Trinajstić information content (AvgIpc) is 3.30. The van der Waals surface area contributed by atoms with Gasteiger partial charge in [0.2, 0.25) is 0 Å². The summed E-state index contributed by atoms with van der Waals surface area (Å²) in [6, 6.07) is 11.9. The predicted molar refractivity (Wildman–Crippen MR) is 116 cm³/mol. The van der Waals surface area contributed by atoms with Crippen LogP contribution in [0.1, 0.15) is 36.5 Å². The number of hydrogen-bond acceptors (Lipinski definition) is 3. The Hall–Kier alpha value is -2.80. The van der Waals surface area contributed by atoms with E-state index in [4.69, 9.17) is 0 Å². The minimum Gasteiger partial charge on any atom is -0.323 e. The summed E-state index contributed by atoms with van der Waals surface area (Å²) in [5.74, 6) is -1.78. The lowest BCUT2D eigenvalue weighted by Crippen LogP contribution is -2.54. The van der Waals surface area contributed by atoms with Crippen molar-refractivity contribution in [3.63, 3.8) is 0 Å². The molecule has 2 aromatic rings. The molecular weight excluding hydrogens is 412 g/mol. The number of nitrogens with zero attached hydrogens (tertiary/aromatic N) is 2. The molecule has 0 radical (unpaired) electrons. The Labute approximate surface area is 186 Å². The summed E-state index contributed by atoms with van der Waals surface area (Å²) in [6.07, 6.45) is 2.81. The number of likely N-dealkylation sites (tertiary alicyclic amines) is 1. The van der Waals surface area contributed by atoms with Crippen LogP contribution in [0.5, 0.6) is 0 Å². The van der Waals surface area contributed by atoms with E-state index in [9.17, 15) is 18.4 Å². The van der Waals surface area contributed by atoms with Gasteiger partial charge in [-0.25, -0.2) is 13.6 Å². The first-order valence-corrected chi connectivity index (χ1v) is 11.2. The monoisotopic (exact) mass is 439 g/mol. The topological polar surface area (TPSA) is 52.7 Å². The van der Waals surface area contributed by atoms with E-state index in [-0.39, 0.29) is 23.9 Å². The molecule has 2 heterocycles. The fourth-order valence-electron chi connectivity index (χ4n) is 5.58. The van der Waals surface area contributed by atoms with Crippen molar-refractivity contribution in [1.82, 2.24) is 15.1 Å². The molecule has 2 saturated heterocycles. The lowest BCUT2D eigenvalue weighted by atomic mass is 9.78. The third-order valence-corrected chi connectivity index (χ3v) is 7.47. The molecule has 5 nitrogen and oxygen atoms in total. The van der Waals surface area contributed by atoms with Crippen molar-refractivity contribution < 1.29 is 18.4 Å². The molecule has 0 bridgehead atoms. The van der Waals surface area contributed by atoms with Gasteiger partial charge in [-0.05, 0) is 68.8 Å². The highest BCUT2D eigenvalue weighted by atomic mass is 19.2. The largest absolute Gasteiger partial charge is 0.325 e. The fourth-order valence-corrected chi connectivity index (χ4v) is 5.58. The highest BCUT2D eigenvalue weighted by Gasteiger charge is 2.55. The molecule has 1 aliphatic carbocycles. The number of urea groups is 1. The number of fused-ring (bicyclic) bond motifs is 1. The van der Waals surface area contributed by atoms with Gasteiger partial charge in [-0.3, -0.25) is 14.6 Å². The van der Waals surface area contributed by atoms with Crippen molar-refractivity contribution in [2.45, 2.75) is 50.7 Å². The summed E-state index contributed by atoms with van der Waals surface area (Å²) in [7, 11) is 0. The number of benzene rings is 2. The quantitative estimate of drug-likeness (QED) is 0.740. The normalized spacial score (nSPS) is 24.8. The molecule has 5 rings (SSSR count). The van der Waals surface area contributed by atoms with Crippen LogP contribution in [0.2, 0.25) is 0 Å². The second-order valence-electron chi connectivity index (χ2n) is 9.40.